The molecule has 4 heteroatoms. The zero-order valence-electron chi connectivity index (χ0n) is 12.3. The van der Waals surface area contributed by atoms with Gasteiger partial charge in [0.1, 0.15) is 5.75 Å². The minimum atomic E-state index is -0.284. The van der Waals surface area contributed by atoms with E-state index < -0.39 is 0 Å². The van der Waals surface area contributed by atoms with Gasteiger partial charge in [-0.3, -0.25) is 0 Å². The highest BCUT2D eigenvalue weighted by atomic mass is 35.5. The maximum Gasteiger partial charge on any atom is 0.200 e. The average molecular weight is 318 g/mol. The zero-order chi connectivity index (χ0) is 15.4. The molecule has 3 unspecified atom stereocenters. The summed E-state index contributed by atoms with van der Waals surface area (Å²) in [5.41, 5.74) is 7.13. The zero-order valence-corrected chi connectivity index (χ0v) is 13.1. The fraction of sp³-hybridized carbons (Fsp3) is 0.333. The molecule has 0 aliphatic carbocycles. The first-order valence-electron chi connectivity index (χ1n) is 7.57. The first kappa shape index (κ1) is 15.3. The predicted molar refractivity (Wildman–Crippen MR) is 88.2 cm³/mol. The summed E-state index contributed by atoms with van der Waals surface area (Å²) in [6.07, 6.45) is 1.49. The Labute approximate surface area is 136 Å². The van der Waals surface area contributed by atoms with Crippen molar-refractivity contribution in [1.29, 1.82) is 0 Å². The van der Waals surface area contributed by atoms with Crippen molar-refractivity contribution in [2.24, 2.45) is 5.73 Å². The van der Waals surface area contributed by atoms with Gasteiger partial charge in [-0.1, -0.05) is 41.9 Å². The van der Waals surface area contributed by atoms with Crippen molar-refractivity contribution in [2.45, 2.75) is 31.2 Å². The molecule has 1 aliphatic rings. The first-order valence-corrected chi connectivity index (χ1v) is 7.95. The number of rotatable bonds is 4. The van der Waals surface area contributed by atoms with E-state index in [9.17, 15) is 0 Å². The van der Waals surface area contributed by atoms with Crippen molar-refractivity contribution >= 4 is 11.6 Å². The van der Waals surface area contributed by atoms with Gasteiger partial charge in [0.05, 0.1) is 6.10 Å². The van der Waals surface area contributed by atoms with Crippen LogP contribution >= 0.6 is 11.6 Å². The molecule has 1 heterocycles. The molecule has 0 spiro atoms. The number of hydrogen-bond acceptors (Lipinski definition) is 3. The molecule has 0 aromatic heterocycles. The molecule has 0 bridgehead atoms. The number of nitrogens with two attached hydrogens (primary N) is 1. The van der Waals surface area contributed by atoms with Gasteiger partial charge in [0.15, 0.2) is 0 Å². The van der Waals surface area contributed by atoms with Gasteiger partial charge < -0.3 is 15.2 Å². The lowest BCUT2D eigenvalue weighted by molar-refractivity contribution is -0.149. The second-order valence-electron chi connectivity index (χ2n) is 5.57. The van der Waals surface area contributed by atoms with Crippen molar-refractivity contribution < 1.29 is 9.47 Å². The van der Waals surface area contributed by atoms with Gasteiger partial charge in [-0.25, -0.2) is 0 Å². The van der Waals surface area contributed by atoms with E-state index in [0.717, 1.165) is 18.6 Å². The monoisotopic (exact) mass is 317 g/mol. The van der Waals surface area contributed by atoms with Crippen LogP contribution in [0.5, 0.6) is 5.75 Å². The molecule has 116 valence electrons. The van der Waals surface area contributed by atoms with Crippen molar-refractivity contribution in [1.82, 2.24) is 0 Å². The fourth-order valence-electron chi connectivity index (χ4n) is 2.86. The smallest absolute Gasteiger partial charge is 0.200 e. The van der Waals surface area contributed by atoms with Crippen LogP contribution in [0.4, 0.5) is 0 Å². The molecule has 2 aromatic rings. The lowest BCUT2D eigenvalue weighted by Gasteiger charge is -2.35. The molecule has 1 saturated heterocycles. The van der Waals surface area contributed by atoms with Crippen LogP contribution in [0.25, 0.3) is 0 Å². The number of benzene rings is 2. The van der Waals surface area contributed by atoms with Gasteiger partial charge in [-0.2, -0.15) is 0 Å². The van der Waals surface area contributed by atoms with E-state index in [1.807, 2.05) is 30.3 Å². The standard InChI is InChI=1S/C18H20ClNO2/c19-15-6-8-16(9-7-15)21-18-11-14(10-17(12-20)22-18)13-4-2-1-3-5-13/h1-9,14,17-18H,10-12,20H2. The molecular weight excluding hydrogens is 298 g/mol. The summed E-state index contributed by atoms with van der Waals surface area (Å²) in [7, 11) is 0. The molecule has 2 N–H and O–H groups in total. The van der Waals surface area contributed by atoms with Crippen LogP contribution in [0.15, 0.2) is 54.6 Å². The molecular formula is C18H20ClNO2. The van der Waals surface area contributed by atoms with Crippen LogP contribution in [0.2, 0.25) is 5.02 Å². The maximum atomic E-state index is 5.96. The van der Waals surface area contributed by atoms with E-state index in [0.29, 0.717) is 17.5 Å². The normalized spacial score (nSPS) is 24.9. The summed E-state index contributed by atoms with van der Waals surface area (Å²) in [5, 5.41) is 0.693. The van der Waals surface area contributed by atoms with Crippen LogP contribution in [0.3, 0.4) is 0 Å². The second-order valence-corrected chi connectivity index (χ2v) is 6.01. The van der Waals surface area contributed by atoms with Crippen LogP contribution in [0.1, 0.15) is 24.3 Å². The van der Waals surface area contributed by atoms with Crippen molar-refractivity contribution in [3.63, 3.8) is 0 Å². The maximum absolute atomic E-state index is 5.96. The van der Waals surface area contributed by atoms with Crippen molar-refractivity contribution in [3.8, 4) is 5.75 Å². The van der Waals surface area contributed by atoms with Crippen molar-refractivity contribution in [2.75, 3.05) is 6.54 Å². The summed E-state index contributed by atoms with van der Waals surface area (Å²) < 4.78 is 11.9. The summed E-state index contributed by atoms with van der Waals surface area (Å²) in [4.78, 5) is 0. The minimum absolute atomic E-state index is 0.0243. The minimum Gasteiger partial charge on any atom is -0.465 e. The second kappa shape index (κ2) is 7.14. The van der Waals surface area contributed by atoms with Gasteiger partial charge in [-0.05, 0) is 42.2 Å². The molecule has 22 heavy (non-hydrogen) atoms. The topological polar surface area (TPSA) is 44.5 Å². The summed E-state index contributed by atoms with van der Waals surface area (Å²) in [6.45, 7) is 0.504. The Morgan fingerprint density at radius 1 is 1.05 bits per heavy atom. The Morgan fingerprint density at radius 2 is 1.77 bits per heavy atom. The lowest BCUT2D eigenvalue weighted by Crippen LogP contribution is -2.39. The highest BCUT2D eigenvalue weighted by molar-refractivity contribution is 6.30. The Hall–Kier alpha value is -1.55. The molecule has 0 amide bonds. The van der Waals surface area contributed by atoms with Crippen LogP contribution in [0, 0.1) is 0 Å². The Kier molecular flexibility index (Phi) is 4.98. The molecule has 0 saturated carbocycles. The Balaban J connectivity index is 1.72. The third-order valence-electron chi connectivity index (χ3n) is 3.98. The molecule has 3 atom stereocenters. The van der Waals surface area contributed by atoms with Gasteiger partial charge >= 0.3 is 0 Å². The van der Waals surface area contributed by atoms with E-state index in [-0.39, 0.29) is 12.4 Å². The molecule has 0 radical (unpaired) electrons. The number of halogens is 1. The number of hydrogen-bond donors (Lipinski definition) is 1. The van der Waals surface area contributed by atoms with Gasteiger partial charge in [0.2, 0.25) is 6.29 Å². The summed E-state index contributed by atoms with van der Waals surface area (Å²) in [6, 6.07) is 17.8. The van der Waals surface area contributed by atoms with E-state index in [1.165, 1.54) is 5.56 Å². The van der Waals surface area contributed by atoms with E-state index in [4.69, 9.17) is 26.8 Å². The van der Waals surface area contributed by atoms with Gasteiger partial charge in [-0.15, -0.1) is 0 Å². The summed E-state index contributed by atoms with van der Waals surface area (Å²) >= 11 is 5.90. The molecule has 1 aliphatic heterocycles. The van der Waals surface area contributed by atoms with Crippen LogP contribution < -0.4 is 10.5 Å². The quantitative estimate of drug-likeness (QED) is 0.928. The van der Waals surface area contributed by atoms with Crippen LogP contribution in [-0.4, -0.2) is 18.9 Å². The lowest BCUT2D eigenvalue weighted by atomic mass is 9.88. The Morgan fingerprint density at radius 3 is 2.45 bits per heavy atom. The third kappa shape index (κ3) is 3.80. The van der Waals surface area contributed by atoms with Gasteiger partial charge in [0.25, 0.3) is 0 Å². The number of ether oxygens (including phenoxy) is 2. The SMILES string of the molecule is NCC1CC(c2ccccc2)CC(Oc2ccc(Cl)cc2)O1. The molecule has 3 nitrogen and oxygen atoms in total. The highest BCUT2D eigenvalue weighted by Crippen LogP contribution is 2.34. The first-order chi connectivity index (χ1) is 10.7. The van der Waals surface area contributed by atoms with Crippen molar-refractivity contribution in [3.05, 3.63) is 65.2 Å². The van der Waals surface area contributed by atoms with E-state index in [2.05, 4.69) is 24.3 Å². The van der Waals surface area contributed by atoms with E-state index in [1.54, 1.807) is 0 Å². The highest BCUT2D eigenvalue weighted by Gasteiger charge is 2.30. The molecule has 3 rings (SSSR count). The largest absolute Gasteiger partial charge is 0.465 e. The Bertz CT molecular complexity index is 588. The average Bonchev–Trinajstić information content (AvgIpc) is 2.57. The van der Waals surface area contributed by atoms with Crippen LogP contribution in [-0.2, 0) is 4.74 Å². The summed E-state index contributed by atoms with van der Waals surface area (Å²) in [5.74, 6) is 1.17. The fourth-order valence-corrected chi connectivity index (χ4v) is 2.99. The molecule has 2 aromatic carbocycles. The van der Waals surface area contributed by atoms with E-state index >= 15 is 0 Å². The van der Waals surface area contributed by atoms with Gasteiger partial charge in [0, 0.05) is 18.0 Å². The predicted octanol–water partition coefficient (Wildman–Crippen LogP) is 3.97. The molecule has 1 fully saturated rings. The third-order valence-corrected chi connectivity index (χ3v) is 4.24.